The lowest BCUT2D eigenvalue weighted by molar-refractivity contribution is 0.834. The van der Waals surface area contributed by atoms with Crippen molar-refractivity contribution in [3.63, 3.8) is 0 Å². The van der Waals surface area contributed by atoms with Crippen LogP contribution in [-0.2, 0) is 0 Å². The predicted molar refractivity (Wildman–Crippen MR) is 93.0 cm³/mol. The maximum absolute atomic E-state index is 5.95. The van der Waals surface area contributed by atoms with Crippen LogP contribution in [0.4, 0.5) is 17.6 Å². The van der Waals surface area contributed by atoms with E-state index in [4.69, 9.17) is 5.73 Å². The number of aromatic nitrogens is 4. The standard InChI is InChI=1S/C15H19N7S/c1-10(11-9-22-6-7-23-15(22)18-11)17-13-8-12(16)19-14(20-13)21-4-2-3-5-21/h6-10H,2-5H2,1H3,(H3,16,17,19,20). The van der Waals surface area contributed by atoms with Crippen LogP contribution in [-0.4, -0.2) is 32.4 Å². The molecule has 1 saturated heterocycles. The summed E-state index contributed by atoms with van der Waals surface area (Å²) >= 11 is 1.63. The summed E-state index contributed by atoms with van der Waals surface area (Å²) in [6, 6.07) is 1.82. The molecule has 0 amide bonds. The molecule has 8 heteroatoms. The van der Waals surface area contributed by atoms with Crippen LogP contribution in [0.5, 0.6) is 0 Å². The van der Waals surface area contributed by atoms with E-state index >= 15 is 0 Å². The molecule has 3 aromatic heterocycles. The second kappa shape index (κ2) is 5.69. The van der Waals surface area contributed by atoms with Crippen molar-refractivity contribution in [3.05, 3.63) is 29.5 Å². The van der Waals surface area contributed by atoms with E-state index in [2.05, 4.69) is 32.1 Å². The molecule has 0 aliphatic carbocycles. The third-order valence-corrected chi connectivity index (χ3v) is 4.81. The number of hydrogen-bond donors (Lipinski definition) is 2. The summed E-state index contributed by atoms with van der Waals surface area (Å²) in [6.07, 6.45) is 6.41. The number of thiazole rings is 1. The number of anilines is 3. The van der Waals surface area contributed by atoms with Crippen LogP contribution in [0.3, 0.4) is 0 Å². The molecule has 0 aromatic carbocycles. The second-order valence-corrected chi connectivity index (χ2v) is 6.67. The molecular formula is C15H19N7S. The lowest BCUT2D eigenvalue weighted by Gasteiger charge is -2.18. The molecule has 1 unspecified atom stereocenters. The fourth-order valence-corrected chi connectivity index (χ4v) is 3.54. The molecule has 0 bridgehead atoms. The predicted octanol–water partition coefficient (Wildman–Crippen LogP) is 2.54. The van der Waals surface area contributed by atoms with Crippen molar-refractivity contribution in [1.29, 1.82) is 0 Å². The highest BCUT2D eigenvalue weighted by atomic mass is 32.1. The lowest BCUT2D eigenvalue weighted by Crippen LogP contribution is -2.21. The quantitative estimate of drug-likeness (QED) is 0.765. The fraction of sp³-hybridized carbons (Fsp3) is 0.400. The number of nitrogen functional groups attached to an aromatic ring is 1. The van der Waals surface area contributed by atoms with E-state index in [1.165, 1.54) is 12.8 Å². The highest BCUT2D eigenvalue weighted by Crippen LogP contribution is 2.23. The van der Waals surface area contributed by atoms with Crippen molar-refractivity contribution in [3.8, 4) is 0 Å². The van der Waals surface area contributed by atoms with Crippen molar-refractivity contribution < 1.29 is 0 Å². The molecule has 7 nitrogen and oxygen atoms in total. The summed E-state index contributed by atoms with van der Waals surface area (Å²) < 4.78 is 2.03. The van der Waals surface area contributed by atoms with Gasteiger partial charge in [0.05, 0.1) is 11.7 Å². The van der Waals surface area contributed by atoms with Gasteiger partial charge in [0, 0.05) is 36.9 Å². The minimum absolute atomic E-state index is 0.0443. The van der Waals surface area contributed by atoms with Gasteiger partial charge in [-0.05, 0) is 19.8 Å². The minimum Gasteiger partial charge on any atom is -0.383 e. The molecule has 1 atom stereocenters. The van der Waals surface area contributed by atoms with Crippen LogP contribution in [0.15, 0.2) is 23.8 Å². The summed E-state index contributed by atoms with van der Waals surface area (Å²) in [5.74, 6) is 1.94. The Bertz CT molecular complexity index is 790. The Hall–Kier alpha value is -2.35. The van der Waals surface area contributed by atoms with E-state index in [1.807, 2.05) is 22.2 Å². The fourth-order valence-electron chi connectivity index (χ4n) is 2.84. The first kappa shape index (κ1) is 14.3. The third kappa shape index (κ3) is 2.81. The van der Waals surface area contributed by atoms with Gasteiger partial charge in [-0.25, -0.2) is 4.98 Å². The first-order valence-electron chi connectivity index (χ1n) is 7.77. The molecule has 3 N–H and O–H groups in total. The van der Waals surface area contributed by atoms with Gasteiger partial charge in [0.1, 0.15) is 11.6 Å². The number of nitrogens with zero attached hydrogens (tertiary/aromatic N) is 5. The normalized spacial score (nSPS) is 16.1. The number of fused-ring (bicyclic) bond motifs is 1. The van der Waals surface area contributed by atoms with E-state index in [0.717, 1.165) is 29.6 Å². The molecule has 1 fully saturated rings. The van der Waals surface area contributed by atoms with E-state index < -0.39 is 0 Å². The van der Waals surface area contributed by atoms with Crippen LogP contribution in [0.2, 0.25) is 0 Å². The van der Waals surface area contributed by atoms with E-state index in [1.54, 1.807) is 17.4 Å². The minimum atomic E-state index is 0.0443. The molecule has 1 aliphatic heterocycles. The highest BCUT2D eigenvalue weighted by Gasteiger charge is 2.17. The first-order valence-corrected chi connectivity index (χ1v) is 8.65. The second-order valence-electron chi connectivity index (χ2n) is 5.80. The summed E-state index contributed by atoms with van der Waals surface area (Å²) in [4.78, 5) is 16.8. The number of nitrogens with one attached hydrogen (secondary N) is 1. The molecule has 1 aliphatic rings. The Morgan fingerprint density at radius 3 is 2.87 bits per heavy atom. The average Bonchev–Trinajstić information content (AvgIpc) is 3.23. The maximum Gasteiger partial charge on any atom is 0.229 e. The first-order chi connectivity index (χ1) is 11.2. The molecular weight excluding hydrogens is 310 g/mol. The van der Waals surface area contributed by atoms with Crippen LogP contribution in [0.1, 0.15) is 31.5 Å². The molecule has 120 valence electrons. The van der Waals surface area contributed by atoms with Gasteiger partial charge in [-0.3, -0.25) is 4.40 Å². The van der Waals surface area contributed by atoms with Crippen LogP contribution >= 0.6 is 11.3 Å². The molecule has 0 saturated carbocycles. The number of rotatable bonds is 4. The van der Waals surface area contributed by atoms with Crippen molar-refractivity contribution in [2.24, 2.45) is 0 Å². The van der Waals surface area contributed by atoms with Gasteiger partial charge in [0.25, 0.3) is 0 Å². The zero-order chi connectivity index (χ0) is 15.8. The Labute approximate surface area is 138 Å². The molecule has 4 heterocycles. The van der Waals surface area contributed by atoms with Crippen molar-refractivity contribution >= 4 is 33.9 Å². The Morgan fingerprint density at radius 1 is 1.26 bits per heavy atom. The van der Waals surface area contributed by atoms with Crippen LogP contribution in [0.25, 0.3) is 4.96 Å². The summed E-state index contributed by atoms with van der Waals surface area (Å²) in [5.41, 5.74) is 6.93. The van der Waals surface area contributed by atoms with Crippen LogP contribution < -0.4 is 16.0 Å². The zero-order valence-corrected chi connectivity index (χ0v) is 13.8. The van der Waals surface area contributed by atoms with E-state index in [9.17, 15) is 0 Å². The SMILES string of the molecule is CC(Nc1cc(N)nc(N2CCCC2)n1)c1cn2ccsc2n1. The van der Waals surface area contributed by atoms with Crippen LogP contribution in [0, 0.1) is 0 Å². The number of nitrogens with two attached hydrogens (primary N) is 1. The van der Waals surface area contributed by atoms with Crippen molar-refractivity contribution in [2.45, 2.75) is 25.8 Å². The summed E-state index contributed by atoms with van der Waals surface area (Å²) in [5, 5.41) is 5.41. The van der Waals surface area contributed by atoms with Gasteiger partial charge in [-0.15, -0.1) is 11.3 Å². The molecule has 23 heavy (non-hydrogen) atoms. The van der Waals surface area contributed by atoms with E-state index in [-0.39, 0.29) is 6.04 Å². The smallest absolute Gasteiger partial charge is 0.229 e. The van der Waals surface area contributed by atoms with Gasteiger partial charge in [-0.2, -0.15) is 9.97 Å². The van der Waals surface area contributed by atoms with E-state index in [0.29, 0.717) is 11.8 Å². The maximum atomic E-state index is 5.95. The topological polar surface area (TPSA) is 84.4 Å². The van der Waals surface area contributed by atoms with Gasteiger partial charge in [0.2, 0.25) is 5.95 Å². The Balaban J connectivity index is 1.56. The van der Waals surface area contributed by atoms with Crippen molar-refractivity contribution in [2.75, 3.05) is 29.0 Å². The highest BCUT2D eigenvalue weighted by molar-refractivity contribution is 7.15. The summed E-state index contributed by atoms with van der Waals surface area (Å²) in [7, 11) is 0. The van der Waals surface area contributed by atoms with Crippen molar-refractivity contribution in [1.82, 2.24) is 19.4 Å². The molecule has 0 radical (unpaired) electrons. The molecule has 3 aromatic rings. The Kier molecular flexibility index (Phi) is 3.53. The monoisotopic (exact) mass is 329 g/mol. The Morgan fingerprint density at radius 2 is 2.09 bits per heavy atom. The van der Waals surface area contributed by atoms with Gasteiger partial charge < -0.3 is 16.0 Å². The number of imidazole rings is 1. The average molecular weight is 329 g/mol. The summed E-state index contributed by atoms with van der Waals surface area (Å²) in [6.45, 7) is 4.06. The zero-order valence-electron chi connectivity index (χ0n) is 12.9. The molecule has 0 spiro atoms. The van der Waals surface area contributed by atoms with Gasteiger partial charge in [0.15, 0.2) is 4.96 Å². The van der Waals surface area contributed by atoms with Gasteiger partial charge >= 0.3 is 0 Å². The number of hydrogen-bond acceptors (Lipinski definition) is 7. The molecule has 4 rings (SSSR count). The lowest BCUT2D eigenvalue weighted by atomic mass is 10.2. The third-order valence-electron chi connectivity index (χ3n) is 4.04. The van der Waals surface area contributed by atoms with Gasteiger partial charge in [-0.1, -0.05) is 0 Å². The largest absolute Gasteiger partial charge is 0.383 e.